The quantitative estimate of drug-likeness (QED) is 0.549. The summed E-state index contributed by atoms with van der Waals surface area (Å²) in [6.45, 7) is 3.96. The summed E-state index contributed by atoms with van der Waals surface area (Å²) in [5.41, 5.74) is 0. The van der Waals surface area contributed by atoms with Crippen LogP contribution >= 0.6 is 0 Å². The van der Waals surface area contributed by atoms with E-state index >= 15 is 0 Å². The predicted octanol–water partition coefficient (Wildman–Crippen LogP) is 2.22. The van der Waals surface area contributed by atoms with Crippen LogP contribution in [0.15, 0.2) is 0 Å². The van der Waals surface area contributed by atoms with Crippen LogP contribution in [0.5, 0.6) is 0 Å². The average molecular weight is 170 g/mol. The molecule has 0 rings (SSSR count). The molecular formula is C10H18O2. The van der Waals surface area contributed by atoms with Crippen molar-refractivity contribution in [2.75, 3.05) is 0 Å². The van der Waals surface area contributed by atoms with Crippen LogP contribution in [0.3, 0.4) is 0 Å². The van der Waals surface area contributed by atoms with Crippen molar-refractivity contribution >= 4 is 12.6 Å². The Kier molecular flexibility index (Phi) is 6.63. The Hall–Kier alpha value is -0.660. The highest BCUT2D eigenvalue weighted by Gasteiger charge is 2.10. The summed E-state index contributed by atoms with van der Waals surface area (Å²) in [6.07, 6.45) is 5.73. The predicted molar refractivity (Wildman–Crippen MR) is 48.9 cm³/mol. The molecule has 0 fully saturated rings. The maximum atomic E-state index is 10.5. The maximum absolute atomic E-state index is 10.5. The Morgan fingerprint density at radius 2 is 1.92 bits per heavy atom. The molecule has 0 aliphatic rings. The van der Waals surface area contributed by atoms with E-state index in [0.29, 0.717) is 6.42 Å². The monoisotopic (exact) mass is 170 g/mol. The van der Waals surface area contributed by atoms with Crippen LogP contribution in [-0.2, 0) is 9.59 Å². The topological polar surface area (TPSA) is 34.1 Å². The smallest absolute Gasteiger partial charge is 0.123 e. The summed E-state index contributed by atoms with van der Waals surface area (Å²) < 4.78 is 0. The Morgan fingerprint density at radius 1 is 1.25 bits per heavy atom. The highest BCUT2D eigenvalue weighted by atomic mass is 16.1. The van der Waals surface area contributed by atoms with Gasteiger partial charge in [-0.05, 0) is 12.8 Å². The van der Waals surface area contributed by atoms with Crippen molar-refractivity contribution in [2.24, 2.45) is 11.8 Å². The fourth-order valence-corrected chi connectivity index (χ4v) is 1.24. The van der Waals surface area contributed by atoms with Crippen molar-refractivity contribution in [2.45, 2.75) is 39.5 Å². The molecule has 0 heterocycles. The number of aldehydes is 2. The van der Waals surface area contributed by atoms with Crippen LogP contribution < -0.4 is 0 Å². The zero-order valence-corrected chi connectivity index (χ0v) is 7.95. The van der Waals surface area contributed by atoms with Gasteiger partial charge in [-0.3, -0.25) is 0 Å². The van der Waals surface area contributed by atoms with Gasteiger partial charge in [-0.2, -0.15) is 0 Å². The van der Waals surface area contributed by atoms with Crippen LogP contribution in [0.1, 0.15) is 39.5 Å². The van der Waals surface area contributed by atoms with Gasteiger partial charge in [0.2, 0.25) is 0 Å². The molecular weight excluding hydrogens is 152 g/mol. The molecule has 0 aliphatic carbocycles. The molecule has 0 aromatic heterocycles. The van der Waals surface area contributed by atoms with Gasteiger partial charge in [-0.25, -0.2) is 0 Å². The first kappa shape index (κ1) is 11.3. The van der Waals surface area contributed by atoms with Crippen LogP contribution in [0.2, 0.25) is 0 Å². The highest BCUT2D eigenvalue weighted by Crippen LogP contribution is 2.14. The molecule has 0 amide bonds. The molecule has 0 aromatic carbocycles. The number of hydrogen-bond donors (Lipinski definition) is 0. The normalized spacial score (nSPS) is 15.2. The first-order valence-corrected chi connectivity index (χ1v) is 4.65. The van der Waals surface area contributed by atoms with E-state index in [1.54, 1.807) is 0 Å². The largest absolute Gasteiger partial charge is 0.303 e. The van der Waals surface area contributed by atoms with Gasteiger partial charge in [0, 0.05) is 11.8 Å². The number of carbonyl (C=O) groups excluding carboxylic acids is 2. The molecule has 0 radical (unpaired) electrons. The molecule has 70 valence electrons. The third-order valence-electron chi connectivity index (χ3n) is 2.03. The number of unbranched alkanes of at least 4 members (excludes halogenated alkanes) is 1. The van der Waals surface area contributed by atoms with E-state index in [4.69, 9.17) is 0 Å². The van der Waals surface area contributed by atoms with Crippen LogP contribution in [0, 0.1) is 11.8 Å². The van der Waals surface area contributed by atoms with Crippen LogP contribution in [0.4, 0.5) is 0 Å². The summed E-state index contributed by atoms with van der Waals surface area (Å²) >= 11 is 0. The Bertz CT molecular complexity index is 132. The van der Waals surface area contributed by atoms with Gasteiger partial charge in [0.1, 0.15) is 12.6 Å². The summed E-state index contributed by atoms with van der Waals surface area (Å²) in [6, 6.07) is 0. The molecule has 0 spiro atoms. The van der Waals surface area contributed by atoms with Crippen LogP contribution in [-0.4, -0.2) is 12.6 Å². The highest BCUT2D eigenvalue weighted by molar-refractivity contribution is 5.57. The number of carbonyl (C=O) groups is 2. The second kappa shape index (κ2) is 7.01. The molecule has 2 atom stereocenters. The van der Waals surface area contributed by atoms with E-state index in [1.807, 2.05) is 6.92 Å². The van der Waals surface area contributed by atoms with Crippen molar-refractivity contribution < 1.29 is 9.59 Å². The zero-order chi connectivity index (χ0) is 9.40. The third-order valence-corrected chi connectivity index (χ3v) is 2.03. The lowest BCUT2D eigenvalue weighted by Gasteiger charge is -2.10. The number of hydrogen-bond acceptors (Lipinski definition) is 2. The number of rotatable bonds is 7. The minimum atomic E-state index is 0.0251. The lowest BCUT2D eigenvalue weighted by Crippen LogP contribution is -2.08. The molecule has 2 heteroatoms. The van der Waals surface area contributed by atoms with E-state index in [2.05, 4.69) is 6.92 Å². The van der Waals surface area contributed by atoms with Crippen LogP contribution in [0.25, 0.3) is 0 Å². The summed E-state index contributed by atoms with van der Waals surface area (Å²) in [7, 11) is 0. The molecule has 2 nitrogen and oxygen atoms in total. The van der Waals surface area contributed by atoms with Gasteiger partial charge in [0.15, 0.2) is 0 Å². The van der Waals surface area contributed by atoms with Crippen molar-refractivity contribution in [3.8, 4) is 0 Å². The Morgan fingerprint density at radius 3 is 2.33 bits per heavy atom. The van der Waals surface area contributed by atoms with Gasteiger partial charge in [0.05, 0.1) is 0 Å². The fraction of sp³-hybridized carbons (Fsp3) is 0.800. The zero-order valence-electron chi connectivity index (χ0n) is 7.95. The molecule has 0 N–H and O–H groups in total. The molecule has 2 unspecified atom stereocenters. The molecule has 0 aromatic rings. The Labute approximate surface area is 74.3 Å². The SMILES string of the molecule is CCCCC(C=O)CC(C)C=O. The van der Waals surface area contributed by atoms with Crippen molar-refractivity contribution in [1.29, 1.82) is 0 Å². The van der Waals surface area contributed by atoms with Gasteiger partial charge in [-0.15, -0.1) is 0 Å². The van der Waals surface area contributed by atoms with E-state index in [0.717, 1.165) is 31.8 Å². The third kappa shape index (κ3) is 5.05. The van der Waals surface area contributed by atoms with Crippen molar-refractivity contribution in [3.05, 3.63) is 0 Å². The Balaban J connectivity index is 3.66. The first-order valence-electron chi connectivity index (χ1n) is 4.65. The van der Waals surface area contributed by atoms with E-state index in [1.165, 1.54) is 0 Å². The van der Waals surface area contributed by atoms with E-state index < -0.39 is 0 Å². The van der Waals surface area contributed by atoms with Crippen molar-refractivity contribution in [1.82, 2.24) is 0 Å². The maximum Gasteiger partial charge on any atom is 0.123 e. The lowest BCUT2D eigenvalue weighted by molar-refractivity contribution is -0.113. The standard InChI is InChI=1S/C10H18O2/c1-3-4-5-10(8-12)6-9(2)7-11/h7-10H,3-6H2,1-2H3. The molecule has 0 bridgehead atoms. The average Bonchev–Trinajstić information content (AvgIpc) is 2.11. The van der Waals surface area contributed by atoms with Gasteiger partial charge < -0.3 is 9.59 Å². The molecule has 12 heavy (non-hydrogen) atoms. The molecule has 0 saturated carbocycles. The first-order chi connectivity index (χ1) is 5.74. The minimum absolute atomic E-state index is 0.0251. The molecule has 0 saturated heterocycles. The van der Waals surface area contributed by atoms with Gasteiger partial charge in [-0.1, -0.05) is 26.7 Å². The second-order valence-corrected chi connectivity index (χ2v) is 3.39. The summed E-state index contributed by atoms with van der Waals surface area (Å²) in [5.74, 6) is 0.113. The van der Waals surface area contributed by atoms with Gasteiger partial charge in [0.25, 0.3) is 0 Å². The lowest BCUT2D eigenvalue weighted by atomic mass is 9.93. The second-order valence-electron chi connectivity index (χ2n) is 3.39. The van der Waals surface area contributed by atoms with Gasteiger partial charge >= 0.3 is 0 Å². The fourth-order valence-electron chi connectivity index (χ4n) is 1.24. The minimum Gasteiger partial charge on any atom is -0.303 e. The summed E-state index contributed by atoms with van der Waals surface area (Å²) in [4.78, 5) is 20.9. The molecule has 0 aliphatic heterocycles. The van der Waals surface area contributed by atoms with E-state index in [-0.39, 0.29) is 11.8 Å². The summed E-state index contributed by atoms with van der Waals surface area (Å²) in [5, 5.41) is 0. The van der Waals surface area contributed by atoms with E-state index in [9.17, 15) is 9.59 Å². The van der Waals surface area contributed by atoms with Crippen molar-refractivity contribution in [3.63, 3.8) is 0 Å².